The number of carbonyl (C=O) groups excluding carboxylic acids is 1. The van der Waals surface area contributed by atoms with Crippen molar-refractivity contribution in [3.8, 4) is 0 Å². The van der Waals surface area contributed by atoms with E-state index < -0.39 is 0 Å². The standard InChI is InChI=1S/C13H10Br2N2O/c14-9-3-8(6-17-7-9)4-13(18)11-5-10(16)1-2-12(11)15/h1-3,5-7H,4,16H2. The van der Waals surface area contributed by atoms with Crippen LogP contribution in [0.5, 0.6) is 0 Å². The summed E-state index contributed by atoms with van der Waals surface area (Å²) in [5.74, 6) is 0.00840. The molecule has 2 aromatic rings. The Balaban J connectivity index is 2.24. The largest absolute Gasteiger partial charge is 0.399 e. The van der Waals surface area contributed by atoms with E-state index in [9.17, 15) is 4.79 Å². The van der Waals surface area contributed by atoms with Gasteiger partial charge in [-0.25, -0.2) is 0 Å². The molecular formula is C13H10Br2N2O. The van der Waals surface area contributed by atoms with Gasteiger partial charge in [0.1, 0.15) is 0 Å². The van der Waals surface area contributed by atoms with Gasteiger partial charge in [-0.3, -0.25) is 9.78 Å². The van der Waals surface area contributed by atoms with E-state index in [0.717, 1.165) is 14.5 Å². The zero-order valence-electron chi connectivity index (χ0n) is 9.36. The van der Waals surface area contributed by atoms with Gasteiger partial charge in [0.15, 0.2) is 5.78 Å². The molecule has 1 heterocycles. The summed E-state index contributed by atoms with van der Waals surface area (Å²) in [5.41, 5.74) is 7.72. The number of aromatic nitrogens is 1. The van der Waals surface area contributed by atoms with Crippen LogP contribution in [0.25, 0.3) is 0 Å². The van der Waals surface area contributed by atoms with Crippen LogP contribution in [0.2, 0.25) is 0 Å². The Kier molecular flexibility index (Phi) is 4.14. The van der Waals surface area contributed by atoms with Gasteiger partial charge in [-0.05, 0) is 45.8 Å². The molecule has 92 valence electrons. The lowest BCUT2D eigenvalue weighted by molar-refractivity contribution is 0.0992. The van der Waals surface area contributed by atoms with Gasteiger partial charge >= 0.3 is 0 Å². The van der Waals surface area contributed by atoms with Crippen LogP contribution in [-0.2, 0) is 6.42 Å². The van der Waals surface area contributed by atoms with Crippen LogP contribution in [-0.4, -0.2) is 10.8 Å². The maximum atomic E-state index is 12.2. The summed E-state index contributed by atoms with van der Waals surface area (Å²) in [7, 11) is 0. The first-order valence-corrected chi connectivity index (χ1v) is 6.82. The van der Waals surface area contributed by atoms with E-state index in [2.05, 4.69) is 36.8 Å². The lowest BCUT2D eigenvalue weighted by Crippen LogP contribution is -2.05. The predicted octanol–water partition coefficient (Wildman–Crippen LogP) is 3.61. The molecule has 0 spiro atoms. The number of nitrogens with two attached hydrogens (primary N) is 1. The third-order valence-electron chi connectivity index (χ3n) is 2.42. The molecule has 3 nitrogen and oxygen atoms in total. The zero-order valence-corrected chi connectivity index (χ0v) is 12.5. The Labute approximate surface area is 122 Å². The number of rotatable bonds is 3. The van der Waals surface area contributed by atoms with Crippen LogP contribution in [0.15, 0.2) is 45.6 Å². The van der Waals surface area contributed by atoms with Crippen molar-refractivity contribution < 1.29 is 4.79 Å². The van der Waals surface area contributed by atoms with Crippen LogP contribution in [0.3, 0.4) is 0 Å². The highest BCUT2D eigenvalue weighted by atomic mass is 79.9. The summed E-state index contributed by atoms with van der Waals surface area (Å²) < 4.78 is 1.61. The molecule has 0 aliphatic heterocycles. The van der Waals surface area contributed by atoms with E-state index in [1.807, 2.05) is 6.07 Å². The molecule has 2 N–H and O–H groups in total. The summed E-state index contributed by atoms with van der Waals surface area (Å²) in [6.45, 7) is 0. The number of halogens is 2. The van der Waals surface area contributed by atoms with Crippen molar-refractivity contribution in [3.63, 3.8) is 0 Å². The minimum absolute atomic E-state index is 0.00840. The van der Waals surface area contributed by atoms with Gasteiger partial charge in [-0.15, -0.1) is 0 Å². The van der Waals surface area contributed by atoms with E-state index in [1.54, 1.807) is 30.6 Å². The minimum Gasteiger partial charge on any atom is -0.399 e. The van der Waals surface area contributed by atoms with Crippen molar-refractivity contribution in [3.05, 3.63) is 56.7 Å². The number of ketones is 1. The second-order valence-corrected chi connectivity index (χ2v) is 5.62. The molecule has 0 atom stereocenters. The summed E-state index contributed by atoms with van der Waals surface area (Å²) in [4.78, 5) is 16.2. The molecule has 0 saturated carbocycles. The van der Waals surface area contributed by atoms with Crippen molar-refractivity contribution >= 4 is 43.3 Å². The molecule has 0 bridgehead atoms. The highest BCUT2D eigenvalue weighted by Gasteiger charge is 2.11. The highest BCUT2D eigenvalue weighted by Crippen LogP contribution is 2.21. The number of nitrogens with zero attached hydrogens (tertiary/aromatic N) is 1. The number of hydrogen-bond acceptors (Lipinski definition) is 3. The Morgan fingerprint density at radius 3 is 2.72 bits per heavy atom. The SMILES string of the molecule is Nc1ccc(Br)c(C(=O)Cc2cncc(Br)c2)c1. The topological polar surface area (TPSA) is 56.0 Å². The maximum Gasteiger partial charge on any atom is 0.168 e. The molecule has 5 heteroatoms. The number of Topliss-reactive ketones (excluding diaryl/α,β-unsaturated/α-hetero) is 1. The van der Waals surface area contributed by atoms with Gasteiger partial charge < -0.3 is 5.73 Å². The summed E-state index contributed by atoms with van der Waals surface area (Å²) in [6.07, 6.45) is 3.67. The Morgan fingerprint density at radius 1 is 1.22 bits per heavy atom. The van der Waals surface area contributed by atoms with Gasteiger partial charge in [-0.2, -0.15) is 0 Å². The minimum atomic E-state index is 0.00840. The first-order valence-electron chi connectivity index (χ1n) is 5.24. The van der Waals surface area contributed by atoms with E-state index >= 15 is 0 Å². The van der Waals surface area contributed by atoms with E-state index in [-0.39, 0.29) is 5.78 Å². The van der Waals surface area contributed by atoms with Gasteiger partial charge in [-0.1, -0.05) is 15.9 Å². The molecule has 0 aliphatic rings. The number of nitrogen functional groups attached to an aromatic ring is 1. The second kappa shape index (κ2) is 5.63. The van der Waals surface area contributed by atoms with Crippen LogP contribution in [0, 0.1) is 0 Å². The van der Waals surface area contributed by atoms with Crippen molar-refractivity contribution in [2.45, 2.75) is 6.42 Å². The molecular weight excluding hydrogens is 360 g/mol. The third kappa shape index (κ3) is 3.17. The second-order valence-electron chi connectivity index (χ2n) is 3.85. The fourth-order valence-corrected chi connectivity index (χ4v) is 2.47. The summed E-state index contributed by atoms with van der Waals surface area (Å²) in [5, 5.41) is 0. The number of anilines is 1. The Bertz CT molecular complexity index is 599. The molecule has 0 fully saturated rings. The first-order chi connectivity index (χ1) is 8.56. The number of carbonyl (C=O) groups is 1. The lowest BCUT2D eigenvalue weighted by atomic mass is 10.0. The average molecular weight is 370 g/mol. The lowest BCUT2D eigenvalue weighted by Gasteiger charge is -2.05. The highest BCUT2D eigenvalue weighted by molar-refractivity contribution is 9.10. The molecule has 0 saturated heterocycles. The zero-order chi connectivity index (χ0) is 13.1. The Morgan fingerprint density at radius 2 is 2.00 bits per heavy atom. The smallest absolute Gasteiger partial charge is 0.168 e. The van der Waals surface area contributed by atoms with Crippen molar-refractivity contribution in [2.75, 3.05) is 5.73 Å². The quantitative estimate of drug-likeness (QED) is 0.664. The molecule has 1 aromatic carbocycles. The van der Waals surface area contributed by atoms with Gasteiger partial charge in [0.2, 0.25) is 0 Å². The first kappa shape index (κ1) is 13.2. The van der Waals surface area contributed by atoms with Crippen molar-refractivity contribution in [2.24, 2.45) is 0 Å². The number of hydrogen-bond donors (Lipinski definition) is 1. The number of pyridine rings is 1. The summed E-state index contributed by atoms with van der Waals surface area (Å²) >= 11 is 6.69. The molecule has 18 heavy (non-hydrogen) atoms. The van der Waals surface area contributed by atoms with Crippen molar-refractivity contribution in [1.82, 2.24) is 4.98 Å². The van der Waals surface area contributed by atoms with Gasteiger partial charge in [0.05, 0.1) is 0 Å². The average Bonchev–Trinajstić information content (AvgIpc) is 2.32. The molecule has 0 radical (unpaired) electrons. The van der Waals surface area contributed by atoms with Gasteiger partial charge in [0, 0.05) is 39.0 Å². The molecule has 0 unspecified atom stereocenters. The fraction of sp³-hybridized carbons (Fsp3) is 0.0769. The molecule has 0 aliphatic carbocycles. The monoisotopic (exact) mass is 368 g/mol. The van der Waals surface area contributed by atoms with Crippen molar-refractivity contribution in [1.29, 1.82) is 0 Å². The predicted molar refractivity (Wildman–Crippen MR) is 78.5 cm³/mol. The molecule has 2 rings (SSSR count). The molecule has 1 aromatic heterocycles. The van der Waals surface area contributed by atoms with Gasteiger partial charge in [0.25, 0.3) is 0 Å². The normalized spacial score (nSPS) is 10.3. The van der Waals surface area contributed by atoms with Crippen LogP contribution >= 0.6 is 31.9 Å². The number of benzene rings is 1. The molecule has 0 amide bonds. The van der Waals surface area contributed by atoms with E-state index in [1.165, 1.54) is 0 Å². The van der Waals surface area contributed by atoms with Crippen LogP contribution in [0.4, 0.5) is 5.69 Å². The third-order valence-corrected chi connectivity index (χ3v) is 3.54. The van der Waals surface area contributed by atoms with Crippen LogP contribution in [0.1, 0.15) is 15.9 Å². The van der Waals surface area contributed by atoms with E-state index in [4.69, 9.17) is 5.73 Å². The van der Waals surface area contributed by atoms with Crippen LogP contribution < -0.4 is 5.73 Å². The fourth-order valence-electron chi connectivity index (χ4n) is 1.59. The summed E-state index contributed by atoms with van der Waals surface area (Å²) in [6, 6.07) is 7.09. The maximum absolute atomic E-state index is 12.2. The Hall–Kier alpha value is -1.20. The van der Waals surface area contributed by atoms with E-state index in [0.29, 0.717) is 17.7 Å².